The topological polar surface area (TPSA) is 62.3 Å². The molecule has 0 unspecified atom stereocenters. The van der Waals surface area contributed by atoms with E-state index < -0.39 is 0 Å². The predicted octanol–water partition coefficient (Wildman–Crippen LogP) is 1.85. The van der Waals surface area contributed by atoms with E-state index in [2.05, 4.69) is 10.3 Å². The summed E-state index contributed by atoms with van der Waals surface area (Å²) < 4.78 is 0. The molecule has 100 valence electrons. The number of hydrogen-bond donors (Lipinski definition) is 1. The van der Waals surface area contributed by atoms with Crippen LogP contribution in [0.5, 0.6) is 0 Å². The molecule has 1 aromatic heterocycles. The van der Waals surface area contributed by atoms with Gasteiger partial charge in [0.25, 0.3) is 5.91 Å². The van der Waals surface area contributed by atoms with Crippen molar-refractivity contribution in [3.05, 3.63) is 53.9 Å². The highest BCUT2D eigenvalue weighted by molar-refractivity contribution is 6.08. The van der Waals surface area contributed by atoms with Crippen LogP contribution in [-0.4, -0.2) is 23.8 Å². The first kappa shape index (κ1) is 12.3. The van der Waals surface area contributed by atoms with Crippen LogP contribution in [0, 0.1) is 0 Å². The molecule has 0 spiro atoms. The Labute approximate surface area is 116 Å². The molecular formula is C15H13N3O2. The second-order valence-corrected chi connectivity index (χ2v) is 4.67. The number of fused-ring (bicyclic) bond motifs is 1. The second-order valence-electron chi connectivity index (χ2n) is 4.67. The van der Waals surface area contributed by atoms with Gasteiger partial charge in [0.1, 0.15) is 0 Å². The highest BCUT2D eigenvalue weighted by Gasteiger charge is 2.20. The molecule has 1 aromatic carbocycles. The predicted molar refractivity (Wildman–Crippen MR) is 75.7 cm³/mol. The maximum Gasteiger partial charge on any atom is 0.258 e. The highest BCUT2D eigenvalue weighted by Crippen LogP contribution is 2.25. The summed E-state index contributed by atoms with van der Waals surface area (Å²) in [6.07, 6.45) is 3.67. The number of carbonyl (C=O) groups excluding carboxylic acids is 2. The number of nitrogens with zero attached hydrogens (tertiary/aromatic N) is 2. The molecule has 2 heterocycles. The molecule has 2 amide bonds. The van der Waals surface area contributed by atoms with Gasteiger partial charge in [0.15, 0.2) is 0 Å². The van der Waals surface area contributed by atoms with Crippen LogP contribution in [-0.2, 0) is 11.2 Å². The van der Waals surface area contributed by atoms with Crippen molar-refractivity contribution in [2.24, 2.45) is 0 Å². The van der Waals surface area contributed by atoms with E-state index in [-0.39, 0.29) is 11.8 Å². The van der Waals surface area contributed by atoms with Crippen molar-refractivity contribution in [1.82, 2.24) is 4.98 Å². The Morgan fingerprint density at radius 1 is 1.35 bits per heavy atom. The van der Waals surface area contributed by atoms with Crippen LogP contribution in [0.4, 0.5) is 11.4 Å². The van der Waals surface area contributed by atoms with Crippen molar-refractivity contribution in [1.29, 1.82) is 0 Å². The molecule has 0 saturated heterocycles. The molecule has 2 aromatic rings. The van der Waals surface area contributed by atoms with Crippen LogP contribution in [0.3, 0.4) is 0 Å². The van der Waals surface area contributed by atoms with Crippen LogP contribution in [0.1, 0.15) is 15.9 Å². The fourth-order valence-corrected chi connectivity index (χ4v) is 2.21. The molecule has 0 saturated carbocycles. The molecule has 0 aliphatic carbocycles. The van der Waals surface area contributed by atoms with E-state index >= 15 is 0 Å². The van der Waals surface area contributed by atoms with Gasteiger partial charge in [0.05, 0.1) is 18.3 Å². The van der Waals surface area contributed by atoms with Gasteiger partial charge in [0, 0.05) is 24.5 Å². The third-order valence-electron chi connectivity index (χ3n) is 3.32. The lowest BCUT2D eigenvalue weighted by Gasteiger charge is -2.17. The van der Waals surface area contributed by atoms with E-state index in [1.54, 1.807) is 37.6 Å². The number of carbonyl (C=O) groups is 2. The van der Waals surface area contributed by atoms with E-state index in [0.29, 0.717) is 12.0 Å². The average Bonchev–Trinajstić information content (AvgIpc) is 2.85. The van der Waals surface area contributed by atoms with Gasteiger partial charge in [-0.25, -0.2) is 0 Å². The van der Waals surface area contributed by atoms with Gasteiger partial charge in [-0.15, -0.1) is 0 Å². The number of amides is 2. The van der Waals surface area contributed by atoms with E-state index in [9.17, 15) is 9.59 Å². The van der Waals surface area contributed by atoms with Gasteiger partial charge in [-0.2, -0.15) is 0 Å². The van der Waals surface area contributed by atoms with Crippen molar-refractivity contribution >= 4 is 23.2 Å². The number of aromatic nitrogens is 1. The average molecular weight is 267 g/mol. The molecule has 5 nitrogen and oxygen atoms in total. The monoisotopic (exact) mass is 267 g/mol. The minimum atomic E-state index is -0.137. The number of hydrogen-bond acceptors (Lipinski definition) is 3. The van der Waals surface area contributed by atoms with Gasteiger partial charge < -0.3 is 10.2 Å². The molecular weight excluding hydrogens is 254 g/mol. The molecule has 0 fully saturated rings. The Bertz CT molecular complexity index is 683. The molecule has 5 heteroatoms. The summed E-state index contributed by atoms with van der Waals surface area (Å²) in [7, 11) is 1.70. The lowest BCUT2D eigenvalue weighted by molar-refractivity contribution is -0.115. The molecule has 0 bridgehead atoms. The van der Waals surface area contributed by atoms with Gasteiger partial charge in [0.2, 0.25) is 5.91 Å². The fraction of sp³-hybridized carbons (Fsp3) is 0.133. The van der Waals surface area contributed by atoms with Gasteiger partial charge in [-0.3, -0.25) is 14.6 Å². The van der Waals surface area contributed by atoms with E-state index in [0.717, 1.165) is 16.9 Å². The normalized spacial score (nSPS) is 12.8. The number of rotatable bonds is 2. The quantitative estimate of drug-likeness (QED) is 0.903. The van der Waals surface area contributed by atoms with Crippen LogP contribution < -0.4 is 10.2 Å². The Balaban J connectivity index is 1.88. The second kappa shape index (κ2) is 4.77. The number of nitrogens with one attached hydrogen (secondary N) is 1. The minimum absolute atomic E-state index is 0.0368. The Kier molecular flexibility index (Phi) is 2.95. The molecule has 0 atom stereocenters. The van der Waals surface area contributed by atoms with Crippen molar-refractivity contribution in [2.45, 2.75) is 6.42 Å². The first-order chi connectivity index (χ1) is 9.65. The molecule has 20 heavy (non-hydrogen) atoms. The SMILES string of the molecule is CN(C(=O)c1ccc2c(c1)NC(=O)C2)c1cccnc1. The lowest BCUT2D eigenvalue weighted by Crippen LogP contribution is -2.26. The zero-order valence-corrected chi connectivity index (χ0v) is 11.0. The summed E-state index contributed by atoms with van der Waals surface area (Å²) in [6, 6.07) is 8.88. The van der Waals surface area contributed by atoms with Gasteiger partial charge in [-0.05, 0) is 29.8 Å². The number of anilines is 2. The largest absolute Gasteiger partial charge is 0.326 e. The van der Waals surface area contributed by atoms with Crippen molar-refractivity contribution in [2.75, 3.05) is 17.3 Å². The fourth-order valence-electron chi connectivity index (χ4n) is 2.21. The minimum Gasteiger partial charge on any atom is -0.326 e. The third-order valence-corrected chi connectivity index (χ3v) is 3.32. The Morgan fingerprint density at radius 2 is 2.20 bits per heavy atom. The van der Waals surface area contributed by atoms with Crippen molar-refractivity contribution in [3.8, 4) is 0 Å². The van der Waals surface area contributed by atoms with Crippen molar-refractivity contribution in [3.63, 3.8) is 0 Å². The van der Waals surface area contributed by atoms with Crippen LogP contribution in [0.2, 0.25) is 0 Å². The number of pyridine rings is 1. The molecule has 1 aliphatic rings. The van der Waals surface area contributed by atoms with Gasteiger partial charge in [-0.1, -0.05) is 6.07 Å². The molecule has 1 aliphatic heterocycles. The zero-order valence-electron chi connectivity index (χ0n) is 11.0. The summed E-state index contributed by atoms with van der Waals surface area (Å²) in [5, 5.41) is 2.75. The highest BCUT2D eigenvalue weighted by atomic mass is 16.2. The van der Waals surface area contributed by atoms with Crippen LogP contribution >= 0.6 is 0 Å². The summed E-state index contributed by atoms with van der Waals surface area (Å²) in [6.45, 7) is 0. The summed E-state index contributed by atoms with van der Waals surface area (Å²) in [5.41, 5.74) is 2.91. The van der Waals surface area contributed by atoms with E-state index in [1.807, 2.05) is 12.1 Å². The van der Waals surface area contributed by atoms with Crippen LogP contribution in [0.25, 0.3) is 0 Å². The smallest absolute Gasteiger partial charge is 0.258 e. The first-order valence-electron chi connectivity index (χ1n) is 6.26. The van der Waals surface area contributed by atoms with E-state index in [1.165, 1.54) is 4.90 Å². The third kappa shape index (κ3) is 2.14. The van der Waals surface area contributed by atoms with Crippen molar-refractivity contribution < 1.29 is 9.59 Å². The molecule has 0 radical (unpaired) electrons. The molecule has 3 rings (SSSR count). The maximum absolute atomic E-state index is 12.4. The van der Waals surface area contributed by atoms with Crippen LogP contribution in [0.15, 0.2) is 42.7 Å². The number of benzene rings is 1. The van der Waals surface area contributed by atoms with Gasteiger partial charge >= 0.3 is 0 Å². The zero-order chi connectivity index (χ0) is 14.1. The standard InChI is InChI=1S/C15H13N3O2/c1-18(12-3-2-6-16-9-12)15(20)11-5-4-10-8-14(19)17-13(10)7-11/h2-7,9H,8H2,1H3,(H,17,19). The van der Waals surface area contributed by atoms with E-state index in [4.69, 9.17) is 0 Å². The summed E-state index contributed by atoms with van der Waals surface area (Å²) >= 11 is 0. The maximum atomic E-state index is 12.4. The summed E-state index contributed by atoms with van der Waals surface area (Å²) in [4.78, 5) is 29.3. The Morgan fingerprint density at radius 3 is 2.95 bits per heavy atom. The Hall–Kier alpha value is -2.69. The first-order valence-corrected chi connectivity index (χ1v) is 6.26. The molecule has 1 N–H and O–H groups in total. The summed E-state index contributed by atoms with van der Waals surface area (Å²) in [5.74, 6) is -0.174. The lowest BCUT2D eigenvalue weighted by atomic mass is 10.1.